The third-order valence-electron chi connectivity index (χ3n) is 7.39. The number of halogens is 4. The maximum absolute atomic E-state index is 14.1. The van der Waals surface area contributed by atoms with Gasteiger partial charge in [0.15, 0.2) is 0 Å². The highest BCUT2D eigenvalue weighted by atomic mass is 19.3. The topological polar surface area (TPSA) is 37.7 Å². The lowest BCUT2D eigenvalue weighted by Crippen LogP contribution is -2.43. The van der Waals surface area contributed by atoms with Crippen LogP contribution in [0.3, 0.4) is 0 Å². The molecule has 37 heavy (non-hydrogen) atoms. The summed E-state index contributed by atoms with van der Waals surface area (Å²) in [6, 6.07) is 10.6. The predicted octanol–water partition coefficient (Wildman–Crippen LogP) is 6.03. The maximum Gasteiger partial charge on any atom is 0.270 e. The number of piperidine rings is 2. The molecular formula is C28H31F4N3O2. The van der Waals surface area contributed by atoms with Crippen LogP contribution in [0.1, 0.15) is 50.0 Å². The van der Waals surface area contributed by atoms with Gasteiger partial charge in [0.05, 0.1) is 11.2 Å². The van der Waals surface area contributed by atoms with Crippen molar-refractivity contribution < 1.29 is 27.1 Å². The van der Waals surface area contributed by atoms with Crippen LogP contribution in [0, 0.1) is 11.6 Å². The number of hydrogen-bond donors (Lipinski definition) is 0. The number of fused-ring (bicyclic) bond motifs is 1. The first-order valence-electron chi connectivity index (χ1n) is 12.8. The summed E-state index contributed by atoms with van der Waals surface area (Å²) in [5.41, 5.74) is 0.873. The minimum atomic E-state index is -2.80. The van der Waals surface area contributed by atoms with Crippen LogP contribution in [-0.2, 0) is 0 Å². The lowest BCUT2D eigenvalue weighted by atomic mass is 10.1. The quantitative estimate of drug-likeness (QED) is 0.388. The van der Waals surface area contributed by atoms with Crippen molar-refractivity contribution in [1.82, 2.24) is 14.4 Å². The molecule has 198 valence electrons. The molecule has 0 N–H and O–H groups in total. The Hall–Kier alpha value is -3.07. The molecule has 2 saturated heterocycles. The molecule has 5 nitrogen and oxygen atoms in total. The van der Waals surface area contributed by atoms with Crippen molar-refractivity contribution in [3.05, 3.63) is 59.8 Å². The van der Waals surface area contributed by atoms with E-state index in [-0.39, 0.29) is 30.6 Å². The molecule has 2 aliphatic rings. The molecule has 9 heteroatoms. The van der Waals surface area contributed by atoms with Gasteiger partial charge >= 0.3 is 0 Å². The van der Waals surface area contributed by atoms with Gasteiger partial charge in [-0.1, -0.05) is 0 Å². The molecule has 0 radical (unpaired) electrons. The van der Waals surface area contributed by atoms with E-state index in [2.05, 4.69) is 18.7 Å². The van der Waals surface area contributed by atoms with Gasteiger partial charge in [0.25, 0.3) is 11.8 Å². The smallest absolute Gasteiger partial charge is 0.270 e. The van der Waals surface area contributed by atoms with Gasteiger partial charge in [0, 0.05) is 56.5 Å². The zero-order valence-electron chi connectivity index (χ0n) is 21.0. The summed E-state index contributed by atoms with van der Waals surface area (Å²) in [5.74, 6) is -4.16. The van der Waals surface area contributed by atoms with E-state index in [1.165, 1.54) is 9.47 Å². The van der Waals surface area contributed by atoms with E-state index in [0.29, 0.717) is 22.7 Å². The Labute approximate surface area is 213 Å². The SMILES string of the molecule is CC(C)N1CCC(Oc2ccc3c(c2)cc(C(=O)N2CCC(F)(F)CC2)n3-c2cc(F)cc(F)c2)CC1. The largest absolute Gasteiger partial charge is 0.490 e. The average molecular weight is 518 g/mol. The molecule has 1 aromatic heterocycles. The van der Waals surface area contributed by atoms with Gasteiger partial charge in [0.1, 0.15) is 29.2 Å². The number of alkyl halides is 2. The highest BCUT2D eigenvalue weighted by Gasteiger charge is 2.36. The van der Waals surface area contributed by atoms with E-state index >= 15 is 0 Å². The Morgan fingerprint density at radius 2 is 1.59 bits per heavy atom. The lowest BCUT2D eigenvalue weighted by Gasteiger charge is -2.34. The summed E-state index contributed by atoms with van der Waals surface area (Å²) in [4.78, 5) is 17.3. The molecule has 0 spiro atoms. The van der Waals surface area contributed by atoms with Gasteiger partial charge in [-0.05, 0) is 63.1 Å². The van der Waals surface area contributed by atoms with Crippen LogP contribution in [-0.4, -0.2) is 64.5 Å². The molecule has 0 saturated carbocycles. The predicted molar refractivity (Wildman–Crippen MR) is 134 cm³/mol. The van der Waals surface area contributed by atoms with Gasteiger partial charge in [-0.15, -0.1) is 0 Å². The van der Waals surface area contributed by atoms with E-state index in [1.54, 1.807) is 18.2 Å². The number of carbonyl (C=O) groups excluding carboxylic acids is 1. The maximum atomic E-state index is 14.1. The number of carbonyl (C=O) groups is 1. The molecule has 0 aliphatic carbocycles. The average Bonchev–Trinajstić information content (AvgIpc) is 3.22. The number of nitrogens with zero attached hydrogens (tertiary/aromatic N) is 3. The zero-order chi connectivity index (χ0) is 26.3. The molecule has 3 aromatic rings. The summed E-state index contributed by atoms with van der Waals surface area (Å²) >= 11 is 0. The van der Waals surface area contributed by atoms with Crippen LogP contribution in [0.2, 0.25) is 0 Å². The first kappa shape index (κ1) is 25.6. The lowest BCUT2D eigenvalue weighted by molar-refractivity contribution is -0.0495. The van der Waals surface area contributed by atoms with E-state index in [4.69, 9.17) is 4.74 Å². The van der Waals surface area contributed by atoms with Crippen molar-refractivity contribution in [2.75, 3.05) is 26.2 Å². The molecule has 2 aromatic carbocycles. The molecule has 5 rings (SSSR count). The number of ether oxygens (including phenoxy) is 1. The molecule has 2 fully saturated rings. The monoisotopic (exact) mass is 517 g/mol. The summed E-state index contributed by atoms with van der Waals surface area (Å²) in [6.45, 7) is 6.10. The minimum Gasteiger partial charge on any atom is -0.490 e. The van der Waals surface area contributed by atoms with Crippen LogP contribution >= 0.6 is 0 Å². The van der Waals surface area contributed by atoms with E-state index < -0.39 is 36.3 Å². The number of likely N-dealkylation sites (tertiary alicyclic amines) is 2. The summed E-state index contributed by atoms with van der Waals surface area (Å²) in [6.07, 6.45) is 1.05. The van der Waals surface area contributed by atoms with Gasteiger partial charge in [-0.2, -0.15) is 0 Å². The first-order chi connectivity index (χ1) is 17.6. The van der Waals surface area contributed by atoms with Gasteiger partial charge in [0.2, 0.25) is 0 Å². The molecule has 0 bridgehead atoms. The van der Waals surface area contributed by atoms with E-state index in [1.807, 2.05) is 6.07 Å². The highest BCUT2D eigenvalue weighted by Crippen LogP contribution is 2.33. The number of rotatable bonds is 5. The Morgan fingerprint density at radius 1 is 0.946 bits per heavy atom. The second-order valence-corrected chi connectivity index (χ2v) is 10.3. The van der Waals surface area contributed by atoms with E-state index in [0.717, 1.165) is 44.1 Å². The van der Waals surface area contributed by atoms with Crippen molar-refractivity contribution >= 4 is 16.8 Å². The number of aromatic nitrogens is 1. The Morgan fingerprint density at radius 3 is 2.22 bits per heavy atom. The summed E-state index contributed by atoms with van der Waals surface area (Å²) in [5, 5.41) is 0.660. The summed E-state index contributed by atoms with van der Waals surface area (Å²) < 4.78 is 63.4. The summed E-state index contributed by atoms with van der Waals surface area (Å²) in [7, 11) is 0. The van der Waals surface area contributed by atoms with Crippen molar-refractivity contribution in [3.63, 3.8) is 0 Å². The fourth-order valence-corrected chi connectivity index (χ4v) is 5.27. The Bertz CT molecular complexity index is 1270. The van der Waals surface area contributed by atoms with Gasteiger partial charge in [-0.3, -0.25) is 4.79 Å². The van der Waals surface area contributed by atoms with Crippen LogP contribution in [0.15, 0.2) is 42.5 Å². The van der Waals surface area contributed by atoms with Crippen molar-refractivity contribution in [1.29, 1.82) is 0 Å². The molecule has 0 atom stereocenters. The second-order valence-electron chi connectivity index (χ2n) is 10.3. The van der Waals surface area contributed by atoms with Crippen molar-refractivity contribution in [2.24, 2.45) is 0 Å². The van der Waals surface area contributed by atoms with Crippen molar-refractivity contribution in [2.45, 2.75) is 57.6 Å². The molecular weight excluding hydrogens is 486 g/mol. The zero-order valence-corrected chi connectivity index (χ0v) is 21.0. The highest BCUT2D eigenvalue weighted by molar-refractivity contribution is 6.00. The molecule has 0 unspecified atom stereocenters. The van der Waals surface area contributed by atoms with Gasteiger partial charge < -0.3 is 19.1 Å². The van der Waals surface area contributed by atoms with Crippen molar-refractivity contribution in [3.8, 4) is 11.4 Å². The molecule has 2 aliphatic heterocycles. The fourth-order valence-electron chi connectivity index (χ4n) is 5.27. The van der Waals surface area contributed by atoms with E-state index in [9.17, 15) is 22.4 Å². The normalized spacial score (nSPS) is 19.1. The second kappa shape index (κ2) is 10.0. The number of hydrogen-bond acceptors (Lipinski definition) is 3. The molecule has 3 heterocycles. The number of amides is 1. The molecule has 1 amide bonds. The minimum absolute atomic E-state index is 0.0722. The first-order valence-corrected chi connectivity index (χ1v) is 12.8. The van der Waals surface area contributed by atoms with Crippen LogP contribution in [0.25, 0.3) is 16.6 Å². The van der Waals surface area contributed by atoms with Crippen LogP contribution in [0.4, 0.5) is 17.6 Å². The third-order valence-corrected chi connectivity index (χ3v) is 7.39. The van der Waals surface area contributed by atoms with Crippen LogP contribution in [0.5, 0.6) is 5.75 Å². The van der Waals surface area contributed by atoms with Gasteiger partial charge in [-0.25, -0.2) is 17.6 Å². The van der Waals surface area contributed by atoms with Crippen LogP contribution < -0.4 is 4.74 Å². The Balaban J connectivity index is 1.48. The number of benzene rings is 2. The standard InChI is InChI=1S/C28H31F4N3O2/c1-18(2)33-9-5-23(6-10-33)37-24-3-4-25-19(13-24)14-26(27(36)34-11-7-28(31,32)8-12-34)35(25)22-16-20(29)15-21(30)17-22/h3-4,13-18,23H,5-12H2,1-2H3. The fraction of sp³-hybridized carbons (Fsp3) is 0.464. The Kier molecular flexibility index (Phi) is 6.91. The third kappa shape index (κ3) is 5.46.